The van der Waals surface area contributed by atoms with Gasteiger partial charge in [-0.05, 0) is 80.1 Å². The number of nitrogens with zero attached hydrogens (tertiary/aromatic N) is 4. The van der Waals surface area contributed by atoms with Crippen LogP contribution in [0.25, 0.3) is 21.1 Å². The molecule has 1 aliphatic carbocycles. The molecular weight excluding hydrogens is 454 g/mol. The summed E-state index contributed by atoms with van der Waals surface area (Å²) in [7, 11) is 0. The number of rotatable bonds is 7. The van der Waals surface area contributed by atoms with Gasteiger partial charge in [0.25, 0.3) is 0 Å². The molecule has 0 unspecified atom stereocenters. The molecule has 0 radical (unpaired) electrons. The topological polar surface area (TPSA) is 83.7 Å². The first-order chi connectivity index (χ1) is 17.1. The van der Waals surface area contributed by atoms with E-state index in [-0.39, 0.29) is 6.10 Å². The van der Waals surface area contributed by atoms with Crippen molar-refractivity contribution in [2.45, 2.75) is 51.8 Å². The molecule has 2 aromatic carbocycles. The summed E-state index contributed by atoms with van der Waals surface area (Å²) in [4.78, 5) is 4.11. The molecule has 7 heteroatoms. The van der Waals surface area contributed by atoms with E-state index in [1.54, 1.807) is 11.3 Å². The molecule has 5 rings (SSSR count). The van der Waals surface area contributed by atoms with E-state index < -0.39 is 0 Å². The molecule has 1 aliphatic rings. The van der Waals surface area contributed by atoms with Crippen LogP contribution in [-0.4, -0.2) is 21.3 Å². The molecule has 6 nitrogen and oxygen atoms in total. The van der Waals surface area contributed by atoms with Gasteiger partial charge >= 0.3 is 0 Å². The van der Waals surface area contributed by atoms with Crippen molar-refractivity contribution in [2.24, 2.45) is 0 Å². The maximum absolute atomic E-state index is 9.59. The largest absolute Gasteiger partial charge is 0.490 e. The normalized spacial score (nSPS) is 15.0. The van der Waals surface area contributed by atoms with E-state index >= 15 is 0 Å². The van der Waals surface area contributed by atoms with Crippen molar-refractivity contribution in [1.82, 2.24) is 20.5 Å². The van der Waals surface area contributed by atoms with Gasteiger partial charge < -0.3 is 10.1 Å². The molecule has 0 saturated heterocycles. The predicted octanol–water partition coefficient (Wildman–Crippen LogP) is 6.09. The summed E-state index contributed by atoms with van der Waals surface area (Å²) in [6.07, 6.45) is 6.96. The van der Waals surface area contributed by atoms with Crippen LogP contribution in [0.15, 0.2) is 60.9 Å². The van der Waals surface area contributed by atoms with Gasteiger partial charge in [0.15, 0.2) is 0 Å². The summed E-state index contributed by atoms with van der Waals surface area (Å²) in [5.41, 5.74) is 6.48. The molecule has 2 heterocycles. The predicted molar refractivity (Wildman–Crippen MR) is 138 cm³/mol. The van der Waals surface area contributed by atoms with Gasteiger partial charge in [-0.1, -0.05) is 29.5 Å². The van der Waals surface area contributed by atoms with E-state index in [9.17, 15) is 5.26 Å². The van der Waals surface area contributed by atoms with Crippen molar-refractivity contribution in [1.29, 1.82) is 5.26 Å². The first kappa shape index (κ1) is 23.2. The summed E-state index contributed by atoms with van der Waals surface area (Å²) >= 11 is 1.56. The number of ether oxygens (including phenoxy) is 1. The third-order valence-corrected chi connectivity index (χ3v) is 7.18. The summed E-state index contributed by atoms with van der Waals surface area (Å²) in [5, 5.41) is 24.0. The molecular formula is C28H27N5OS. The number of nitriles is 1. The highest BCUT2D eigenvalue weighted by molar-refractivity contribution is 7.17. The van der Waals surface area contributed by atoms with E-state index in [0.29, 0.717) is 17.4 Å². The Balaban J connectivity index is 1.41. The lowest BCUT2D eigenvalue weighted by Gasteiger charge is -2.28. The van der Waals surface area contributed by atoms with Gasteiger partial charge in [0.2, 0.25) is 0 Å². The lowest BCUT2D eigenvalue weighted by atomic mass is 9.85. The van der Waals surface area contributed by atoms with Crippen LogP contribution in [0.5, 0.6) is 5.75 Å². The zero-order chi connectivity index (χ0) is 24.2. The summed E-state index contributed by atoms with van der Waals surface area (Å²) in [5.74, 6) is 0.596. The van der Waals surface area contributed by atoms with Crippen molar-refractivity contribution in [2.75, 3.05) is 0 Å². The van der Waals surface area contributed by atoms with Crippen molar-refractivity contribution >= 4 is 11.3 Å². The van der Waals surface area contributed by atoms with Gasteiger partial charge in [-0.25, -0.2) is 0 Å². The fourth-order valence-corrected chi connectivity index (χ4v) is 5.45. The fraction of sp³-hybridized carbons (Fsp3) is 0.286. The monoisotopic (exact) mass is 481 g/mol. The molecule has 0 spiro atoms. The van der Waals surface area contributed by atoms with Crippen LogP contribution in [0, 0.1) is 11.3 Å². The Morgan fingerprint density at radius 2 is 1.94 bits per heavy atom. The fourth-order valence-electron chi connectivity index (χ4n) is 4.56. The zero-order valence-electron chi connectivity index (χ0n) is 19.9. The number of pyridine rings is 1. The van der Waals surface area contributed by atoms with Crippen molar-refractivity contribution < 1.29 is 4.74 Å². The first-order valence-electron chi connectivity index (χ1n) is 11.9. The highest BCUT2D eigenvalue weighted by atomic mass is 32.1. The van der Waals surface area contributed by atoms with Gasteiger partial charge in [0.05, 0.1) is 11.7 Å². The molecule has 176 valence electrons. The maximum atomic E-state index is 9.59. The Morgan fingerprint density at radius 3 is 2.74 bits per heavy atom. The molecule has 2 aromatic heterocycles. The van der Waals surface area contributed by atoms with Crippen molar-refractivity contribution in [3.05, 3.63) is 83.2 Å². The minimum Gasteiger partial charge on any atom is -0.490 e. The number of hydrogen-bond donors (Lipinski definition) is 1. The molecule has 1 atom stereocenters. The summed E-state index contributed by atoms with van der Waals surface area (Å²) < 4.78 is 5.76. The SMILES string of the molecule is CC(C)Oc1ccc(-c2nnc(-c3cccc4c3CCC[C@H]4NCc3ccncc3)s2)cc1C#N. The zero-order valence-corrected chi connectivity index (χ0v) is 20.7. The standard InChI is InChI=1S/C28H27N5OS/c1-18(2)34-26-10-9-20(15-21(26)16-29)27-32-33-28(35-27)24-7-3-6-23-22(24)5-4-8-25(23)31-17-19-11-13-30-14-12-19/h3,6-7,9-15,18,25,31H,4-5,8,17H2,1-2H3/t25-/m1/s1. The van der Waals surface area contributed by atoms with E-state index in [1.165, 1.54) is 16.7 Å². The second-order valence-corrected chi connectivity index (χ2v) is 9.93. The van der Waals surface area contributed by atoms with Gasteiger partial charge in [0, 0.05) is 36.1 Å². The highest BCUT2D eigenvalue weighted by Crippen LogP contribution is 2.39. The summed E-state index contributed by atoms with van der Waals surface area (Å²) in [6.45, 7) is 4.72. The van der Waals surface area contributed by atoms with Gasteiger partial charge in [0.1, 0.15) is 21.8 Å². The van der Waals surface area contributed by atoms with Crippen LogP contribution in [0.3, 0.4) is 0 Å². The van der Waals surface area contributed by atoms with Crippen LogP contribution in [0.4, 0.5) is 0 Å². The minimum atomic E-state index is 0.00774. The molecule has 0 bridgehead atoms. The lowest BCUT2D eigenvalue weighted by molar-refractivity contribution is 0.242. The van der Waals surface area contributed by atoms with Crippen LogP contribution >= 0.6 is 11.3 Å². The Labute approximate surface area is 209 Å². The lowest BCUT2D eigenvalue weighted by Crippen LogP contribution is -2.25. The smallest absolute Gasteiger partial charge is 0.148 e. The molecule has 4 aromatic rings. The number of hydrogen-bond acceptors (Lipinski definition) is 7. The number of benzene rings is 2. The van der Waals surface area contributed by atoms with Crippen LogP contribution in [0.2, 0.25) is 0 Å². The van der Waals surface area contributed by atoms with Gasteiger partial charge in [-0.3, -0.25) is 4.98 Å². The molecule has 1 N–H and O–H groups in total. The molecule has 35 heavy (non-hydrogen) atoms. The summed E-state index contributed by atoms with van der Waals surface area (Å²) in [6, 6.07) is 18.8. The third-order valence-electron chi connectivity index (χ3n) is 6.17. The second kappa shape index (κ2) is 10.3. The average molecular weight is 482 g/mol. The molecule has 0 amide bonds. The molecule has 0 aliphatic heterocycles. The van der Waals surface area contributed by atoms with Gasteiger partial charge in [-0.15, -0.1) is 10.2 Å². The third kappa shape index (κ3) is 5.09. The maximum Gasteiger partial charge on any atom is 0.148 e. The average Bonchev–Trinajstić information content (AvgIpc) is 3.38. The van der Waals surface area contributed by atoms with E-state index in [2.05, 4.69) is 56.9 Å². The van der Waals surface area contributed by atoms with Gasteiger partial charge in [-0.2, -0.15) is 5.26 Å². The van der Waals surface area contributed by atoms with E-state index in [1.807, 2.05) is 44.4 Å². The second-order valence-electron chi connectivity index (χ2n) is 8.96. The Hall–Kier alpha value is -3.60. The Kier molecular flexibility index (Phi) is 6.84. The Bertz CT molecular complexity index is 1360. The number of fused-ring (bicyclic) bond motifs is 1. The van der Waals surface area contributed by atoms with Crippen LogP contribution < -0.4 is 10.1 Å². The highest BCUT2D eigenvalue weighted by Gasteiger charge is 2.24. The molecule has 0 saturated carbocycles. The molecule has 0 fully saturated rings. The first-order valence-corrected chi connectivity index (χ1v) is 12.7. The van der Waals surface area contributed by atoms with E-state index in [0.717, 1.165) is 46.9 Å². The number of aromatic nitrogens is 3. The van der Waals surface area contributed by atoms with Crippen LogP contribution in [-0.2, 0) is 13.0 Å². The Morgan fingerprint density at radius 1 is 1.11 bits per heavy atom. The minimum absolute atomic E-state index is 0.00774. The van der Waals surface area contributed by atoms with E-state index in [4.69, 9.17) is 4.74 Å². The number of nitrogens with one attached hydrogen (secondary N) is 1. The van der Waals surface area contributed by atoms with Crippen LogP contribution in [0.1, 0.15) is 55.0 Å². The quantitative estimate of drug-likeness (QED) is 0.344. The van der Waals surface area contributed by atoms with Crippen molar-refractivity contribution in [3.8, 4) is 33.0 Å². The van der Waals surface area contributed by atoms with Crippen molar-refractivity contribution in [3.63, 3.8) is 0 Å².